The number of amides is 1. The van der Waals surface area contributed by atoms with Gasteiger partial charge in [0.2, 0.25) is 0 Å². The van der Waals surface area contributed by atoms with Crippen LogP contribution in [0.5, 0.6) is 0 Å². The van der Waals surface area contributed by atoms with E-state index in [9.17, 15) is 4.79 Å². The number of hydrogen-bond acceptors (Lipinski definition) is 3. The molecule has 0 aliphatic carbocycles. The summed E-state index contributed by atoms with van der Waals surface area (Å²) in [5.41, 5.74) is 4.09. The van der Waals surface area contributed by atoms with Crippen LogP contribution in [0.15, 0.2) is 42.5 Å². The molecule has 1 fully saturated rings. The van der Waals surface area contributed by atoms with Crippen molar-refractivity contribution in [3.63, 3.8) is 0 Å². The van der Waals surface area contributed by atoms with Gasteiger partial charge in [-0.3, -0.25) is 4.79 Å². The fraction of sp³-hybridized carbons (Fsp3) is 0.333. The Bertz CT molecular complexity index is 898. The second kappa shape index (κ2) is 6.60. The van der Waals surface area contributed by atoms with Crippen molar-refractivity contribution >= 4 is 27.5 Å². The number of aryl methyl sites for hydroxylation is 2. The van der Waals surface area contributed by atoms with Crippen molar-refractivity contribution in [3.05, 3.63) is 64.2 Å². The van der Waals surface area contributed by atoms with Crippen molar-refractivity contribution < 1.29 is 4.79 Å². The lowest BCUT2D eigenvalue weighted by Gasteiger charge is -2.32. The summed E-state index contributed by atoms with van der Waals surface area (Å²) in [6.45, 7) is 5.66. The molecule has 4 heteroatoms. The topological polar surface area (TPSA) is 33.2 Å². The number of piperidine rings is 1. The van der Waals surface area contributed by atoms with E-state index in [1.54, 1.807) is 11.3 Å². The summed E-state index contributed by atoms with van der Waals surface area (Å²) < 4.78 is 1.23. The Morgan fingerprint density at radius 3 is 2.88 bits per heavy atom. The number of nitrogens with zero attached hydrogens (tertiary/aromatic N) is 2. The van der Waals surface area contributed by atoms with Gasteiger partial charge in [0.25, 0.3) is 5.91 Å². The lowest BCUT2D eigenvalue weighted by atomic mass is 9.97. The van der Waals surface area contributed by atoms with E-state index in [0.29, 0.717) is 5.92 Å². The van der Waals surface area contributed by atoms with Crippen LogP contribution in [-0.4, -0.2) is 28.9 Å². The van der Waals surface area contributed by atoms with Crippen LogP contribution < -0.4 is 0 Å². The summed E-state index contributed by atoms with van der Waals surface area (Å²) in [6, 6.07) is 14.4. The van der Waals surface area contributed by atoms with E-state index in [1.807, 2.05) is 36.9 Å². The number of hydrogen-bond donors (Lipinski definition) is 0. The summed E-state index contributed by atoms with van der Waals surface area (Å²) in [7, 11) is 0. The molecule has 0 N–H and O–H groups in total. The first-order valence-corrected chi connectivity index (χ1v) is 9.65. The minimum atomic E-state index is 0.159. The van der Waals surface area contributed by atoms with E-state index in [1.165, 1.54) is 9.71 Å². The summed E-state index contributed by atoms with van der Waals surface area (Å²) in [6.07, 6.45) is 2.15. The molecule has 0 unspecified atom stereocenters. The maximum absolute atomic E-state index is 13.0. The molecule has 2 heterocycles. The fourth-order valence-corrected chi connectivity index (χ4v) is 4.66. The van der Waals surface area contributed by atoms with Gasteiger partial charge in [-0.05, 0) is 50.5 Å². The van der Waals surface area contributed by atoms with E-state index in [4.69, 9.17) is 4.98 Å². The normalized spacial score (nSPS) is 17.8. The smallest absolute Gasteiger partial charge is 0.254 e. The predicted molar refractivity (Wildman–Crippen MR) is 103 cm³/mol. The van der Waals surface area contributed by atoms with Crippen molar-refractivity contribution in [1.29, 1.82) is 0 Å². The number of para-hydroxylation sites is 1. The molecular formula is C21H22N2OS. The first-order chi connectivity index (χ1) is 12.1. The molecular weight excluding hydrogens is 328 g/mol. The average Bonchev–Trinajstić information content (AvgIpc) is 3.07. The molecule has 128 valence electrons. The SMILES string of the molecule is Cc1ccc(C)c(C(=O)N2CCC[C@H](c3nc4ccccc4s3)C2)c1. The van der Waals surface area contributed by atoms with Crippen LogP contribution in [0.3, 0.4) is 0 Å². The number of thiazole rings is 1. The highest BCUT2D eigenvalue weighted by Crippen LogP contribution is 2.33. The zero-order chi connectivity index (χ0) is 17.4. The largest absolute Gasteiger partial charge is 0.338 e. The third-order valence-electron chi connectivity index (χ3n) is 4.99. The standard InChI is InChI=1S/C21H22N2OS/c1-14-9-10-15(2)17(12-14)21(24)23-11-5-6-16(13-23)20-22-18-7-3-4-8-19(18)25-20/h3-4,7-10,12,16H,5-6,11,13H2,1-2H3/t16-/m0/s1. The predicted octanol–water partition coefficient (Wildman–Crippen LogP) is 4.93. The van der Waals surface area contributed by atoms with Crippen molar-refractivity contribution in [3.8, 4) is 0 Å². The third kappa shape index (κ3) is 3.19. The average molecular weight is 350 g/mol. The minimum Gasteiger partial charge on any atom is -0.338 e. The molecule has 1 aliphatic heterocycles. The Hall–Kier alpha value is -2.20. The first-order valence-electron chi connectivity index (χ1n) is 8.84. The molecule has 0 bridgehead atoms. The fourth-order valence-electron chi connectivity index (χ4n) is 3.56. The highest BCUT2D eigenvalue weighted by atomic mass is 32.1. The highest BCUT2D eigenvalue weighted by molar-refractivity contribution is 7.18. The number of carbonyl (C=O) groups is 1. The Labute approximate surface area is 152 Å². The Kier molecular flexibility index (Phi) is 4.30. The van der Waals surface area contributed by atoms with Crippen LogP contribution in [-0.2, 0) is 0 Å². The minimum absolute atomic E-state index is 0.159. The van der Waals surface area contributed by atoms with E-state index in [0.717, 1.165) is 48.1 Å². The Morgan fingerprint density at radius 2 is 2.04 bits per heavy atom. The summed E-state index contributed by atoms with van der Waals surface area (Å²) in [5.74, 6) is 0.507. The number of carbonyl (C=O) groups excluding carboxylic acids is 1. The maximum atomic E-state index is 13.0. The second-order valence-corrected chi connectivity index (χ2v) is 7.99. The molecule has 1 saturated heterocycles. The van der Waals surface area contributed by atoms with Gasteiger partial charge in [0.15, 0.2) is 0 Å². The highest BCUT2D eigenvalue weighted by Gasteiger charge is 2.28. The van der Waals surface area contributed by atoms with E-state index < -0.39 is 0 Å². The molecule has 0 radical (unpaired) electrons. The van der Waals surface area contributed by atoms with Crippen LogP contribution in [0.2, 0.25) is 0 Å². The first kappa shape index (κ1) is 16.3. The molecule has 0 spiro atoms. The van der Waals surface area contributed by atoms with Gasteiger partial charge < -0.3 is 4.90 Å². The number of aromatic nitrogens is 1. The zero-order valence-electron chi connectivity index (χ0n) is 14.7. The van der Waals surface area contributed by atoms with E-state index in [2.05, 4.69) is 24.3 Å². The monoisotopic (exact) mass is 350 g/mol. The van der Waals surface area contributed by atoms with Crippen LogP contribution >= 0.6 is 11.3 Å². The molecule has 4 rings (SSSR count). The van der Waals surface area contributed by atoms with Gasteiger partial charge in [-0.15, -0.1) is 11.3 Å². The van der Waals surface area contributed by atoms with Gasteiger partial charge in [0, 0.05) is 24.6 Å². The molecule has 1 atom stereocenters. The maximum Gasteiger partial charge on any atom is 0.254 e. The van der Waals surface area contributed by atoms with Crippen molar-refractivity contribution in [1.82, 2.24) is 9.88 Å². The lowest BCUT2D eigenvalue weighted by molar-refractivity contribution is 0.0706. The molecule has 3 nitrogen and oxygen atoms in total. The van der Waals surface area contributed by atoms with Gasteiger partial charge in [-0.25, -0.2) is 4.98 Å². The van der Waals surface area contributed by atoms with Gasteiger partial charge in [-0.2, -0.15) is 0 Å². The van der Waals surface area contributed by atoms with E-state index >= 15 is 0 Å². The third-order valence-corrected chi connectivity index (χ3v) is 6.19. The molecule has 0 saturated carbocycles. The van der Waals surface area contributed by atoms with Crippen molar-refractivity contribution in [2.24, 2.45) is 0 Å². The summed E-state index contributed by atoms with van der Waals surface area (Å²) in [4.78, 5) is 19.9. The molecule has 2 aromatic carbocycles. The van der Waals surface area contributed by atoms with Gasteiger partial charge in [-0.1, -0.05) is 29.8 Å². The van der Waals surface area contributed by atoms with Crippen LogP contribution in [0.4, 0.5) is 0 Å². The summed E-state index contributed by atoms with van der Waals surface area (Å²) >= 11 is 1.77. The number of rotatable bonds is 2. The molecule has 25 heavy (non-hydrogen) atoms. The number of fused-ring (bicyclic) bond motifs is 1. The van der Waals surface area contributed by atoms with Crippen molar-refractivity contribution in [2.45, 2.75) is 32.6 Å². The van der Waals surface area contributed by atoms with Gasteiger partial charge in [0.1, 0.15) is 0 Å². The van der Waals surface area contributed by atoms with Gasteiger partial charge >= 0.3 is 0 Å². The van der Waals surface area contributed by atoms with Crippen LogP contribution in [0.1, 0.15) is 45.3 Å². The van der Waals surface area contributed by atoms with Crippen LogP contribution in [0, 0.1) is 13.8 Å². The quantitative estimate of drug-likeness (QED) is 0.656. The second-order valence-electron chi connectivity index (χ2n) is 6.93. The van der Waals surface area contributed by atoms with Crippen molar-refractivity contribution in [2.75, 3.05) is 13.1 Å². The zero-order valence-corrected chi connectivity index (χ0v) is 15.5. The van der Waals surface area contributed by atoms with E-state index in [-0.39, 0.29) is 5.91 Å². The van der Waals surface area contributed by atoms with Gasteiger partial charge in [0.05, 0.1) is 15.2 Å². The molecule has 1 aliphatic rings. The molecule has 1 amide bonds. The van der Waals surface area contributed by atoms with Crippen LogP contribution in [0.25, 0.3) is 10.2 Å². The number of benzene rings is 2. The Morgan fingerprint density at radius 1 is 1.20 bits per heavy atom. The summed E-state index contributed by atoms with van der Waals surface area (Å²) in [5, 5.41) is 1.17. The number of likely N-dealkylation sites (tertiary alicyclic amines) is 1. The molecule has 3 aromatic rings. The Balaban J connectivity index is 1.58. The molecule has 1 aromatic heterocycles. The lowest BCUT2D eigenvalue weighted by Crippen LogP contribution is -2.39.